The van der Waals surface area contributed by atoms with Crippen molar-refractivity contribution in [1.29, 1.82) is 0 Å². The number of benzene rings is 2. The van der Waals surface area contributed by atoms with Gasteiger partial charge in [-0.3, -0.25) is 15.0 Å². The quantitative estimate of drug-likeness (QED) is 0.402. The number of likely N-dealkylation sites (tertiary alicyclic amines) is 1. The summed E-state index contributed by atoms with van der Waals surface area (Å²) in [6.07, 6.45) is 3.93. The Bertz CT molecular complexity index is 839. The molecule has 8 heteroatoms. The number of nitrogens with zero attached hydrogens (tertiary/aromatic N) is 2. The molecule has 6 nitrogen and oxygen atoms in total. The Labute approximate surface area is 175 Å². The summed E-state index contributed by atoms with van der Waals surface area (Å²) in [5, 5.41) is 17.7. The van der Waals surface area contributed by atoms with Gasteiger partial charge in [0, 0.05) is 25.2 Å². The minimum atomic E-state index is -0.469. The first-order valence-electron chi connectivity index (χ1n) is 9.30. The maximum Gasteiger partial charge on any atom is 0.271 e. The highest BCUT2D eigenvalue weighted by atomic mass is 35.5. The topological polar surface area (TPSA) is 70.4 Å². The molecule has 0 unspecified atom stereocenters. The molecule has 0 amide bonds. The molecular formula is C20H23ClN4O2S. The third-order valence-electron chi connectivity index (χ3n) is 4.74. The van der Waals surface area contributed by atoms with Gasteiger partial charge in [-0.05, 0) is 55.3 Å². The summed E-state index contributed by atoms with van der Waals surface area (Å²) in [6, 6.07) is 12.7. The molecule has 1 aliphatic rings. The van der Waals surface area contributed by atoms with E-state index in [9.17, 15) is 10.1 Å². The van der Waals surface area contributed by atoms with Crippen molar-refractivity contribution in [2.45, 2.75) is 32.4 Å². The number of rotatable bonds is 6. The highest BCUT2D eigenvalue weighted by Crippen LogP contribution is 2.26. The maximum absolute atomic E-state index is 10.9. The maximum atomic E-state index is 10.9. The molecule has 0 atom stereocenters. The lowest BCUT2D eigenvalue weighted by atomic mass is 10.1. The molecule has 1 heterocycles. The van der Waals surface area contributed by atoms with Crippen molar-refractivity contribution >= 4 is 40.3 Å². The van der Waals surface area contributed by atoms with Crippen LogP contribution in [0.1, 0.15) is 30.4 Å². The third-order valence-corrected chi connectivity index (χ3v) is 5.32. The van der Waals surface area contributed by atoms with E-state index in [1.54, 1.807) is 0 Å². The van der Waals surface area contributed by atoms with E-state index in [4.69, 9.17) is 23.8 Å². The molecule has 2 N–H and O–H groups in total. The fourth-order valence-electron chi connectivity index (χ4n) is 3.21. The van der Waals surface area contributed by atoms with Crippen molar-refractivity contribution in [3.8, 4) is 0 Å². The highest BCUT2D eigenvalue weighted by Gasteiger charge is 2.12. The number of nitro benzene ring substituents is 1. The van der Waals surface area contributed by atoms with Crippen LogP contribution in [0.4, 0.5) is 11.4 Å². The molecule has 0 aliphatic carbocycles. The Balaban J connectivity index is 1.50. The lowest BCUT2D eigenvalue weighted by Crippen LogP contribution is -2.29. The predicted molar refractivity (Wildman–Crippen MR) is 117 cm³/mol. The molecule has 2 aromatic carbocycles. The molecule has 0 spiro atoms. The van der Waals surface area contributed by atoms with Gasteiger partial charge >= 0.3 is 0 Å². The van der Waals surface area contributed by atoms with Crippen molar-refractivity contribution in [3.05, 3.63) is 68.7 Å². The van der Waals surface area contributed by atoms with E-state index in [1.807, 2.05) is 0 Å². The summed E-state index contributed by atoms with van der Waals surface area (Å²) in [5.74, 6) is 0. The van der Waals surface area contributed by atoms with Crippen LogP contribution in [-0.4, -0.2) is 28.0 Å². The summed E-state index contributed by atoms with van der Waals surface area (Å²) in [4.78, 5) is 12.9. The lowest BCUT2D eigenvalue weighted by molar-refractivity contribution is -0.384. The van der Waals surface area contributed by atoms with Gasteiger partial charge in [0.25, 0.3) is 5.69 Å². The van der Waals surface area contributed by atoms with Crippen molar-refractivity contribution in [2.24, 2.45) is 0 Å². The first-order valence-corrected chi connectivity index (χ1v) is 10.1. The normalized spacial score (nSPS) is 14.5. The number of thiocarbonyl (C=S) groups is 1. The van der Waals surface area contributed by atoms with E-state index in [2.05, 4.69) is 39.8 Å². The van der Waals surface area contributed by atoms with Gasteiger partial charge in [0.05, 0.1) is 15.6 Å². The monoisotopic (exact) mass is 418 g/mol. The second-order valence-electron chi connectivity index (χ2n) is 6.88. The van der Waals surface area contributed by atoms with Crippen LogP contribution in [0.15, 0.2) is 42.5 Å². The van der Waals surface area contributed by atoms with Crippen molar-refractivity contribution in [1.82, 2.24) is 10.2 Å². The standard InChI is InChI=1S/C20H23ClN4O2S/c21-18-9-8-17(25(26)27)12-19(18)23-20(28)22-13-15-4-6-16(7-5-15)14-24-10-2-1-3-11-24/h4-9,12H,1-3,10-11,13-14H2,(H2,22,23,28). The summed E-state index contributed by atoms with van der Waals surface area (Å²) in [5.41, 5.74) is 2.79. The van der Waals surface area contributed by atoms with Crippen LogP contribution < -0.4 is 10.6 Å². The Hall–Kier alpha value is -2.22. The van der Waals surface area contributed by atoms with Crippen LogP contribution in [0.3, 0.4) is 0 Å². The first-order chi connectivity index (χ1) is 13.5. The molecule has 0 aromatic heterocycles. The van der Waals surface area contributed by atoms with Crippen LogP contribution in [0.5, 0.6) is 0 Å². The molecule has 1 fully saturated rings. The van der Waals surface area contributed by atoms with Gasteiger partial charge in [-0.2, -0.15) is 0 Å². The molecule has 0 saturated carbocycles. The van der Waals surface area contributed by atoms with Gasteiger partial charge in [-0.15, -0.1) is 0 Å². The number of piperidine rings is 1. The number of nitro groups is 1. The number of hydrogen-bond donors (Lipinski definition) is 2. The van der Waals surface area contributed by atoms with Crippen molar-refractivity contribution in [3.63, 3.8) is 0 Å². The zero-order valence-corrected chi connectivity index (χ0v) is 17.1. The van der Waals surface area contributed by atoms with Crippen LogP contribution >= 0.6 is 23.8 Å². The SMILES string of the molecule is O=[N+]([O-])c1ccc(Cl)c(NC(=S)NCc2ccc(CN3CCCCC3)cc2)c1. The zero-order valence-electron chi connectivity index (χ0n) is 15.5. The summed E-state index contributed by atoms with van der Waals surface area (Å²) >= 11 is 11.4. The second-order valence-corrected chi connectivity index (χ2v) is 7.70. The molecule has 0 bridgehead atoms. The molecule has 1 saturated heterocycles. The van der Waals surface area contributed by atoms with Crippen LogP contribution in [0.25, 0.3) is 0 Å². The van der Waals surface area contributed by atoms with E-state index in [0.29, 0.717) is 22.4 Å². The fourth-order valence-corrected chi connectivity index (χ4v) is 3.56. The molecule has 28 heavy (non-hydrogen) atoms. The number of halogens is 1. The summed E-state index contributed by atoms with van der Waals surface area (Å²) in [7, 11) is 0. The largest absolute Gasteiger partial charge is 0.358 e. The zero-order chi connectivity index (χ0) is 19.9. The molecule has 2 aromatic rings. The summed E-state index contributed by atoms with van der Waals surface area (Å²) < 4.78 is 0. The van der Waals surface area contributed by atoms with Gasteiger partial charge in [-0.1, -0.05) is 42.3 Å². The Kier molecular flexibility index (Phi) is 7.19. The minimum Gasteiger partial charge on any atom is -0.358 e. The van der Waals surface area contributed by atoms with E-state index in [-0.39, 0.29) is 5.69 Å². The van der Waals surface area contributed by atoms with E-state index in [0.717, 1.165) is 12.1 Å². The van der Waals surface area contributed by atoms with E-state index in [1.165, 1.54) is 56.1 Å². The van der Waals surface area contributed by atoms with Gasteiger partial charge in [0.1, 0.15) is 0 Å². The van der Waals surface area contributed by atoms with Crippen molar-refractivity contribution in [2.75, 3.05) is 18.4 Å². The molecule has 3 rings (SSSR count). The van der Waals surface area contributed by atoms with E-state index < -0.39 is 4.92 Å². The van der Waals surface area contributed by atoms with E-state index >= 15 is 0 Å². The number of nitrogens with one attached hydrogen (secondary N) is 2. The lowest BCUT2D eigenvalue weighted by Gasteiger charge is -2.26. The Morgan fingerprint density at radius 3 is 2.46 bits per heavy atom. The smallest absolute Gasteiger partial charge is 0.271 e. The second kappa shape index (κ2) is 9.82. The Morgan fingerprint density at radius 1 is 1.11 bits per heavy atom. The van der Waals surface area contributed by atoms with Gasteiger partial charge in [-0.25, -0.2) is 0 Å². The summed E-state index contributed by atoms with van der Waals surface area (Å²) in [6.45, 7) is 3.92. The first kappa shape index (κ1) is 20.5. The van der Waals surface area contributed by atoms with Crippen LogP contribution in [-0.2, 0) is 13.1 Å². The van der Waals surface area contributed by atoms with Crippen LogP contribution in [0, 0.1) is 10.1 Å². The minimum absolute atomic E-state index is 0.0426. The number of non-ortho nitro benzene ring substituents is 1. The molecule has 0 radical (unpaired) electrons. The third kappa shape index (κ3) is 5.89. The fraction of sp³-hybridized carbons (Fsp3) is 0.350. The van der Waals surface area contributed by atoms with Crippen LogP contribution in [0.2, 0.25) is 5.02 Å². The average Bonchev–Trinajstić information content (AvgIpc) is 2.70. The number of hydrogen-bond acceptors (Lipinski definition) is 4. The van der Waals surface area contributed by atoms with Gasteiger partial charge < -0.3 is 10.6 Å². The highest BCUT2D eigenvalue weighted by molar-refractivity contribution is 7.80. The van der Waals surface area contributed by atoms with Gasteiger partial charge in [0.15, 0.2) is 5.11 Å². The molecule has 148 valence electrons. The molecular weight excluding hydrogens is 396 g/mol. The predicted octanol–water partition coefficient (Wildman–Crippen LogP) is 4.72. The number of anilines is 1. The Morgan fingerprint density at radius 2 is 1.79 bits per heavy atom. The average molecular weight is 419 g/mol. The van der Waals surface area contributed by atoms with Gasteiger partial charge in [0.2, 0.25) is 0 Å². The molecule has 1 aliphatic heterocycles. The van der Waals surface area contributed by atoms with Crippen molar-refractivity contribution < 1.29 is 4.92 Å².